The van der Waals surface area contributed by atoms with E-state index in [4.69, 9.17) is 0 Å². The summed E-state index contributed by atoms with van der Waals surface area (Å²) < 4.78 is 1.25. The normalized spacial score (nSPS) is 18.1. The van der Waals surface area contributed by atoms with E-state index >= 15 is 0 Å². The van der Waals surface area contributed by atoms with Crippen molar-refractivity contribution in [2.45, 2.75) is 38.8 Å². The summed E-state index contributed by atoms with van der Waals surface area (Å²) in [6, 6.07) is 2.24. The maximum atomic E-state index is 9.45. The Morgan fingerprint density at radius 2 is 2.21 bits per heavy atom. The van der Waals surface area contributed by atoms with Crippen molar-refractivity contribution in [3.05, 3.63) is 20.3 Å². The zero-order valence-electron chi connectivity index (χ0n) is 11.5. The molecule has 1 aliphatic rings. The van der Waals surface area contributed by atoms with Crippen LogP contribution in [0.25, 0.3) is 0 Å². The van der Waals surface area contributed by atoms with Crippen LogP contribution in [0.5, 0.6) is 0 Å². The van der Waals surface area contributed by atoms with E-state index < -0.39 is 0 Å². The van der Waals surface area contributed by atoms with E-state index in [0.717, 1.165) is 45.6 Å². The van der Waals surface area contributed by atoms with Crippen molar-refractivity contribution in [3.8, 4) is 0 Å². The third-order valence-corrected chi connectivity index (χ3v) is 5.73. The summed E-state index contributed by atoms with van der Waals surface area (Å²) in [4.78, 5) is 3.85. The summed E-state index contributed by atoms with van der Waals surface area (Å²) in [7, 11) is 0. The summed E-state index contributed by atoms with van der Waals surface area (Å²) >= 11 is 5.38. The van der Waals surface area contributed by atoms with Crippen molar-refractivity contribution >= 4 is 27.3 Å². The molecule has 3 nitrogen and oxygen atoms in total. The van der Waals surface area contributed by atoms with Crippen molar-refractivity contribution in [2.24, 2.45) is 0 Å². The molecule has 1 saturated heterocycles. The molecule has 1 aliphatic heterocycles. The molecule has 0 radical (unpaired) electrons. The minimum absolute atomic E-state index is 0.0603. The van der Waals surface area contributed by atoms with Gasteiger partial charge in [0.1, 0.15) is 0 Å². The van der Waals surface area contributed by atoms with Crippen LogP contribution in [0.2, 0.25) is 0 Å². The minimum atomic E-state index is -0.0603. The average Bonchev–Trinajstić information content (AvgIpc) is 2.71. The topological polar surface area (TPSA) is 35.5 Å². The summed E-state index contributed by atoms with van der Waals surface area (Å²) in [6.07, 6.45) is 3.00. The van der Waals surface area contributed by atoms with Crippen LogP contribution in [-0.4, -0.2) is 42.3 Å². The van der Waals surface area contributed by atoms with E-state index in [1.807, 2.05) is 11.3 Å². The Balaban J connectivity index is 1.55. The van der Waals surface area contributed by atoms with Crippen molar-refractivity contribution in [2.75, 3.05) is 26.2 Å². The Hall–Kier alpha value is 0.0600. The molecule has 2 N–H and O–H groups in total. The number of aryl methyl sites for hydroxylation is 1. The predicted molar refractivity (Wildman–Crippen MR) is 84.8 cm³/mol. The van der Waals surface area contributed by atoms with Gasteiger partial charge in [0.25, 0.3) is 0 Å². The fourth-order valence-corrected chi connectivity index (χ4v) is 3.99. The lowest BCUT2D eigenvalue weighted by atomic mass is 10.1. The molecule has 0 unspecified atom stereocenters. The molecule has 5 heteroatoms. The lowest BCUT2D eigenvalue weighted by Gasteiger charge is -2.29. The molecule has 0 aliphatic carbocycles. The summed E-state index contributed by atoms with van der Waals surface area (Å²) in [5.41, 5.74) is 1.33. The molecule has 0 spiro atoms. The van der Waals surface area contributed by atoms with E-state index in [1.54, 1.807) is 0 Å². The minimum Gasteiger partial charge on any atom is -0.393 e. The molecule has 1 aromatic rings. The maximum absolute atomic E-state index is 9.45. The van der Waals surface area contributed by atoms with Crippen LogP contribution >= 0.6 is 27.3 Å². The van der Waals surface area contributed by atoms with Crippen molar-refractivity contribution in [3.63, 3.8) is 0 Å². The largest absolute Gasteiger partial charge is 0.393 e. The first kappa shape index (κ1) is 15.4. The van der Waals surface area contributed by atoms with Gasteiger partial charge in [-0.25, -0.2) is 0 Å². The highest BCUT2D eigenvalue weighted by Crippen LogP contribution is 2.27. The first-order chi connectivity index (χ1) is 9.15. The molecule has 0 atom stereocenters. The molecular weight excluding hydrogens is 324 g/mol. The number of hydrogen-bond donors (Lipinski definition) is 2. The molecule has 0 aromatic carbocycles. The number of aliphatic hydroxyl groups excluding tert-OH is 1. The third kappa shape index (κ3) is 5.16. The van der Waals surface area contributed by atoms with Gasteiger partial charge >= 0.3 is 0 Å². The molecule has 1 fully saturated rings. The Kier molecular flexibility index (Phi) is 6.29. The second-order valence-electron chi connectivity index (χ2n) is 5.27. The SMILES string of the molecule is Cc1cc(CNCCCN2CCC(O)CC2)sc1Br. The molecular formula is C14H23BrN2OS. The standard InChI is InChI=1S/C14H23BrN2OS/c1-11-9-13(19-14(11)15)10-16-5-2-6-17-7-3-12(18)4-8-17/h9,12,16,18H,2-8,10H2,1H3. The lowest BCUT2D eigenvalue weighted by molar-refractivity contribution is 0.0821. The smallest absolute Gasteiger partial charge is 0.0730 e. The Bertz CT molecular complexity index is 369. The van der Waals surface area contributed by atoms with Gasteiger partial charge in [0.15, 0.2) is 0 Å². The van der Waals surface area contributed by atoms with Gasteiger partial charge in [-0.15, -0.1) is 11.3 Å². The van der Waals surface area contributed by atoms with Gasteiger partial charge in [0.2, 0.25) is 0 Å². The van der Waals surface area contributed by atoms with Gasteiger partial charge in [0, 0.05) is 24.5 Å². The van der Waals surface area contributed by atoms with Gasteiger partial charge < -0.3 is 15.3 Å². The number of hydrogen-bond acceptors (Lipinski definition) is 4. The lowest BCUT2D eigenvalue weighted by Crippen LogP contribution is -2.37. The van der Waals surface area contributed by atoms with Gasteiger partial charge in [-0.05, 0) is 66.8 Å². The highest BCUT2D eigenvalue weighted by molar-refractivity contribution is 9.11. The number of rotatable bonds is 6. The van der Waals surface area contributed by atoms with Crippen LogP contribution in [0.3, 0.4) is 0 Å². The Labute approximate surface area is 128 Å². The van der Waals surface area contributed by atoms with E-state index in [2.05, 4.69) is 39.1 Å². The van der Waals surface area contributed by atoms with Gasteiger partial charge in [-0.3, -0.25) is 0 Å². The molecule has 2 heterocycles. The van der Waals surface area contributed by atoms with Crippen LogP contribution in [0.1, 0.15) is 29.7 Å². The van der Waals surface area contributed by atoms with Crippen molar-refractivity contribution < 1.29 is 5.11 Å². The molecule has 2 rings (SSSR count). The van der Waals surface area contributed by atoms with Crippen LogP contribution < -0.4 is 5.32 Å². The van der Waals surface area contributed by atoms with Crippen LogP contribution in [0.15, 0.2) is 9.85 Å². The second-order valence-corrected chi connectivity index (χ2v) is 7.73. The number of nitrogens with one attached hydrogen (secondary N) is 1. The monoisotopic (exact) mass is 346 g/mol. The van der Waals surface area contributed by atoms with Gasteiger partial charge in [-0.1, -0.05) is 0 Å². The number of aliphatic hydroxyl groups is 1. The van der Waals surface area contributed by atoms with Crippen LogP contribution in [0, 0.1) is 6.92 Å². The predicted octanol–water partition coefficient (Wildman–Crippen LogP) is 2.76. The molecule has 0 saturated carbocycles. The summed E-state index contributed by atoms with van der Waals surface area (Å²) in [5.74, 6) is 0. The zero-order valence-corrected chi connectivity index (χ0v) is 13.9. The van der Waals surface area contributed by atoms with E-state index in [0.29, 0.717) is 0 Å². The first-order valence-corrected chi connectivity index (χ1v) is 8.62. The van der Waals surface area contributed by atoms with Crippen molar-refractivity contribution in [1.29, 1.82) is 0 Å². The first-order valence-electron chi connectivity index (χ1n) is 7.01. The third-order valence-electron chi connectivity index (χ3n) is 3.59. The van der Waals surface area contributed by atoms with Gasteiger partial charge in [0.05, 0.1) is 9.89 Å². The number of halogens is 1. The highest BCUT2D eigenvalue weighted by Gasteiger charge is 2.15. The fourth-order valence-electron chi connectivity index (χ4n) is 2.39. The molecule has 0 amide bonds. The van der Waals surface area contributed by atoms with E-state index in [-0.39, 0.29) is 6.10 Å². The van der Waals surface area contributed by atoms with E-state index in [9.17, 15) is 5.11 Å². The molecule has 19 heavy (non-hydrogen) atoms. The van der Waals surface area contributed by atoms with Crippen LogP contribution in [-0.2, 0) is 6.54 Å². The number of likely N-dealkylation sites (tertiary alicyclic amines) is 1. The number of piperidine rings is 1. The van der Waals surface area contributed by atoms with E-state index in [1.165, 1.54) is 20.6 Å². The summed E-state index contributed by atoms with van der Waals surface area (Å²) in [6.45, 7) is 7.42. The Morgan fingerprint density at radius 3 is 2.84 bits per heavy atom. The summed E-state index contributed by atoms with van der Waals surface area (Å²) in [5, 5.41) is 12.9. The number of nitrogens with zero attached hydrogens (tertiary/aromatic N) is 1. The second kappa shape index (κ2) is 7.74. The number of thiophene rings is 1. The highest BCUT2D eigenvalue weighted by atomic mass is 79.9. The molecule has 108 valence electrons. The van der Waals surface area contributed by atoms with Crippen molar-refractivity contribution in [1.82, 2.24) is 10.2 Å². The quantitative estimate of drug-likeness (QED) is 0.777. The fraction of sp³-hybridized carbons (Fsp3) is 0.714. The maximum Gasteiger partial charge on any atom is 0.0730 e. The molecule has 0 bridgehead atoms. The van der Waals surface area contributed by atoms with Crippen LogP contribution in [0.4, 0.5) is 0 Å². The Morgan fingerprint density at radius 1 is 1.47 bits per heavy atom. The molecule has 1 aromatic heterocycles. The van der Waals surface area contributed by atoms with Gasteiger partial charge in [-0.2, -0.15) is 0 Å². The average molecular weight is 347 g/mol. The zero-order chi connectivity index (χ0) is 13.7.